The van der Waals surface area contributed by atoms with Crippen molar-refractivity contribution >= 4 is 22.4 Å². The van der Waals surface area contributed by atoms with Gasteiger partial charge in [-0.3, -0.25) is 4.90 Å². The fourth-order valence-corrected chi connectivity index (χ4v) is 6.90. The zero-order valence-corrected chi connectivity index (χ0v) is 16.6. The number of hydrogen-bond donors (Lipinski definition) is 0. The largest absolute Gasteiger partial charge is 0.296 e. The minimum atomic E-state index is -3.10. The molecular weight excluding hydrogens is 356 g/mol. The van der Waals surface area contributed by atoms with Crippen LogP contribution in [0, 0.1) is 5.92 Å². The number of nitrogens with zero attached hydrogens (tertiary/aromatic N) is 2. The first-order valence-electron chi connectivity index (χ1n) is 9.41. The minimum Gasteiger partial charge on any atom is -0.296 e. The molecule has 0 bridgehead atoms. The molecule has 0 radical (unpaired) electrons. The summed E-state index contributed by atoms with van der Waals surface area (Å²) >= 11 is 0. The molecule has 3 heterocycles. The third-order valence-electron chi connectivity index (χ3n) is 6.14. The normalized spacial score (nSPS) is 29.9. The molecule has 0 saturated carbocycles. The number of fused-ring (bicyclic) bond motifs is 4. The average Bonchev–Trinajstić information content (AvgIpc) is 2.59. The molecule has 25 heavy (non-hydrogen) atoms. The topological polar surface area (TPSA) is 40.6 Å². The van der Waals surface area contributed by atoms with Crippen LogP contribution in [0.2, 0.25) is 0 Å². The molecule has 6 heteroatoms. The molecule has 3 aliphatic rings. The summed E-state index contributed by atoms with van der Waals surface area (Å²) in [7, 11) is -3.10. The van der Waals surface area contributed by atoms with Gasteiger partial charge in [0.15, 0.2) is 0 Å². The first kappa shape index (κ1) is 19.2. The molecule has 0 spiro atoms. The van der Waals surface area contributed by atoms with Gasteiger partial charge in [-0.1, -0.05) is 31.2 Å². The van der Waals surface area contributed by atoms with E-state index in [4.69, 9.17) is 0 Å². The van der Waals surface area contributed by atoms with Crippen LogP contribution in [0.15, 0.2) is 24.3 Å². The van der Waals surface area contributed by atoms with Crippen molar-refractivity contribution in [2.45, 2.75) is 51.1 Å². The van der Waals surface area contributed by atoms with E-state index in [0.717, 1.165) is 38.9 Å². The van der Waals surface area contributed by atoms with Crippen LogP contribution in [0.4, 0.5) is 0 Å². The number of hydrogen-bond acceptors (Lipinski definition) is 3. The van der Waals surface area contributed by atoms with E-state index in [1.807, 2.05) is 11.2 Å². The maximum atomic E-state index is 12.8. The maximum Gasteiger partial charge on any atom is 0.214 e. The summed E-state index contributed by atoms with van der Waals surface area (Å²) in [6, 6.07) is 9.33. The van der Waals surface area contributed by atoms with Crippen molar-refractivity contribution in [1.29, 1.82) is 0 Å². The van der Waals surface area contributed by atoms with Crippen LogP contribution in [0.3, 0.4) is 0 Å². The van der Waals surface area contributed by atoms with Crippen molar-refractivity contribution in [3.8, 4) is 0 Å². The minimum absolute atomic E-state index is 0. The predicted octanol–water partition coefficient (Wildman–Crippen LogP) is 3.23. The fraction of sp³-hybridized carbons (Fsp3) is 0.684. The van der Waals surface area contributed by atoms with Gasteiger partial charge in [-0.2, -0.15) is 4.31 Å². The lowest BCUT2D eigenvalue weighted by atomic mass is 9.77. The van der Waals surface area contributed by atoms with Crippen LogP contribution in [-0.2, 0) is 16.4 Å². The monoisotopic (exact) mass is 384 g/mol. The summed E-state index contributed by atoms with van der Waals surface area (Å²) in [6.07, 6.45) is 4.98. The summed E-state index contributed by atoms with van der Waals surface area (Å²) in [6.45, 7) is 4.85. The molecule has 0 amide bonds. The fourth-order valence-electron chi connectivity index (χ4n) is 5.07. The van der Waals surface area contributed by atoms with Gasteiger partial charge < -0.3 is 0 Å². The Morgan fingerprint density at radius 3 is 2.80 bits per heavy atom. The summed E-state index contributed by atoms with van der Waals surface area (Å²) in [5.74, 6) is 0.799. The van der Waals surface area contributed by atoms with Gasteiger partial charge in [-0.15, -0.1) is 12.4 Å². The predicted molar refractivity (Wildman–Crippen MR) is 104 cm³/mol. The van der Waals surface area contributed by atoms with Crippen molar-refractivity contribution in [3.63, 3.8) is 0 Å². The van der Waals surface area contributed by atoms with E-state index < -0.39 is 10.0 Å². The Labute approximate surface area is 158 Å². The van der Waals surface area contributed by atoms with Gasteiger partial charge in [-0.25, -0.2) is 8.42 Å². The second-order valence-electron chi connectivity index (χ2n) is 7.59. The molecule has 0 aromatic heterocycles. The molecular formula is C19H29ClN2O2S. The lowest BCUT2D eigenvalue weighted by molar-refractivity contribution is 0.0220. The molecule has 3 aliphatic heterocycles. The van der Waals surface area contributed by atoms with Crippen molar-refractivity contribution in [2.24, 2.45) is 5.92 Å². The van der Waals surface area contributed by atoms with Crippen molar-refractivity contribution in [1.82, 2.24) is 9.21 Å². The lowest BCUT2D eigenvalue weighted by Crippen LogP contribution is -2.57. The Morgan fingerprint density at radius 2 is 2.00 bits per heavy atom. The molecule has 140 valence electrons. The van der Waals surface area contributed by atoms with E-state index in [1.54, 1.807) is 0 Å². The van der Waals surface area contributed by atoms with Gasteiger partial charge >= 0.3 is 0 Å². The van der Waals surface area contributed by atoms with Crippen molar-refractivity contribution < 1.29 is 8.42 Å². The highest BCUT2D eigenvalue weighted by Gasteiger charge is 2.45. The Morgan fingerprint density at radius 1 is 1.20 bits per heavy atom. The standard InChI is InChI=1S/C19H28N2O2S.ClH/c1-2-12-24(22,23)21-10-5-7-16-14-20-11-9-15-6-3-4-8-17(15)19(20)13-18(16)21;/h3-4,6,8,16,18-19H,2,5,7,9-14H2,1H3;1H/t16-,18+,19-;/m1./s1. The van der Waals surface area contributed by atoms with Crippen LogP contribution in [0.5, 0.6) is 0 Å². The highest BCUT2D eigenvalue weighted by atomic mass is 35.5. The second kappa shape index (κ2) is 7.55. The molecule has 1 aromatic rings. The quantitative estimate of drug-likeness (QED) is 0.803. The molecule has 4 rings (SSSR count). The van der Waals surface area contributed by atoms with E-state index in [-0.39, 0.29) is 18.4 Å². The van der Waals surface area contributed by atoms with Gasteiger partial charge in [0.25, 0.3) is 0 Å². The van der Waals surface area contributed by atoms with Gasteiger partial charge in [0.1, 0.15) is 0 Å². The molecule has 0 unspecified atom stereocenters. The summed E-state index contributed by atoms with van der Waals surface area (Å²) in [4.78, 5) is 2.61. The van der Waals surface area contributed by atoms with Gasteiger partial charge in [-0.05, 0) is 49.1 Å². The number of piperidine rings is 2. The summed E-state index contributed by atoms with van der Waals surface area (Å²) in [5, 5.41) is 0. The van der Waals surface area contributed by atoms with Crippen LogP contribution in [-0.4, -0.2) is 49.1 Å². The third-order valence-corrected chi connectivity index (χ3v) is 8.24. The summed E-state index contributed by atoms with van der Waals surface area (Å²) in [5.41, 5.74) is 2.89. The summed E-state index contributed by atoms with van der Waals surface area (Å²) < 4.78 is 27.4. The van der Waals surface area contributed by atoms with E-state index in [0.29, 0.717) is 24.1 Å². The second-order valence-corrected chi connectivity index (χ2v) is 9.63. The molecule has 1 aromatic carbocycles. The first-order valence-corrected chi connectivity index (χ1v) is 11.0. The highest BCUT2D eigenvalue weighted by Crippen LogP contribution is 2.43. The Kier molecular flexibility index (Phi) is 5.78. The molecule has 0 N–H and O–H groups in total. The van der Waals surface area contributed by atoms with Crippen LogP contribution >= 0.6 is 12.4 Å². The Hall–Kier alpha value is -0.620. The molecule has 0 aliphatic carbocycles. The van der Waals surface area contributed by atoms with E-state index >= 15 is 0 Å². The third kappa shape index (κ3) is 3.48. The van der Waals surface area contributed by atoms with Crippen LogP contribution < -0.4 is 0 Å². The Bertz CT molecular complexity index is 709. The zero-order chi connectivity index (χ0) is 16.7. The number of sulfonamides is 1. The smallest absolute Gasteiger partial charge is 0.214 e. The van der Waals surface area contributed by atoms with Gasteiger partial charge in [0.05, 0.1) is 5.75 Å². The zero-order valence-electron chi connectivity index (χ0n) is 14.9. The first-order chi connectivity index (χ1) is 11.6. The SMILES string of the molecule is CCCS(=O)(=O)N1CCC[C@@H]2CN3CCc4ccccc4[C@H]3C[C@@H]21.Cl. The van der Waals surface area contributed by atoms with Crippen molar-refractivity contribution in [2.75, 3.05) is 25.4 Å². The average molecular weight is 385 g/mol. The Balaban J connectivity index is 0.00000182. The molecule has 3 atom stereocenters. The van der Waals surface area contributed by atoms with Gasteiger partial charge in [0, 0.05) is 31.7 Å². The van der Waals surface area contributed by atoms with E-state index in [2.05, 4.69) is 29.2 Å². The van der Waals surface area contributed by atoms with E-state index in [9.17, 15) is 8.42 Å². The lowest BCUT2D eigenvalue weighted by Gasteiger charge is -2.51. The van der Waals surface area contributed by atoms with E-state index in [1.165, 1.54) is 17.5 Å². The van der Waals surface area contributed by atoms with Gasteiger partial charge in [0.2, 0.25) is 10.0 Å². The number of halogens is 1. The maximum absolute atomic E-state index is 12.8. The number of benzene rings is 1. The molecule has 2 saturated heterocycles. The van der Waals surface area contributed by atoms with Crippen LogP contribution in [0.1, 0.15) is 49.8 Å². The molecule has 4 nitrogen and oxygen atoms in total. The number of rotatable bonds is 3. The van der Waals surface area contributed by atoms with Crippen LogP contribution in [0.25, 0.3) is 0 Å². The van der Waals surface area contributed by atoms with Crippen molar-refractivity contribution in [3.05, 3.63) is 35.4 Å². The molecule has 2 fully saturated rings. The highest BCUT2D eigenvalue weighted by molar-refractivity contribution is 7.89.